The van der Waals surface area contributed by atoms with Gasteiger partial charge in [0.05, 0.1) is 39.7 Å². The average molecular weight is 650 g/mol. The van der Waals surface area contributed by atoms with Crippen molar-refractivity contribution in [2.24, 2.45) is 0 Å². The predicted octanol–water partition coefficient (Wildman–Crippen LogP) is 8.04. The molecule has 240 valence electrons. The van der Waals surface area contributed by atoms with Crippen molar-refractivity contribution in [1.82, 2.24) is 20.2 Å². The van der Waals surface area contributed by atoms with Crippen LogP contribution in [0.5, 0.6) is 17.4 Å². The molecule has 11 nitrogen and oxygen atoms in total. The molecule has 0 aliphatic heterocycles. The lowest BCUT2D eigenvalue weighted by molar-refractivity contribution is 0.262. The Hall–Kier alpha value is -5.49. The average Bonchev–Trinajstić information content (AvgIpc) is 3.51. The molecule has 2 aromatic heterocycles. The van der Waals surface area contributed by atoms with Crippen molar-refractivity contribution >= 4 is 61.5 Å². The van der Waals surface area contributed by atoms with Crippen molar-refractivity contribution in [1.29, 1.82) is 0 Å². The van der Waals surface area contributed by atoms with Gasteiger partial charge >= 0.3 is 6.03 Å². The Labute approximate surface area is 274 Å². The van der Waals surface area contributed by atoms with Gasteiger partial charge in [0.2, 0.25) is 11.8 Å². The number of carbonyl (C=O) groups is 1. The Morgan fingerprint density at radius 2 is 1.72 bits per heavy atom. The number of H-pyrrole nitrogens is 1. The third-order valence-electron chi connectivity index (χ3n) is 7.64. The highest BCUT2D eigenvalue weighted by Crippen LogP contribution is 2.38. The van der Waals surface area contributed by atoms with E-state index in [1.807, 2.05) is 61.7 Å². The van der Waals surface area contributed by atoms with Crippen LogP contribution in [0, 0.1) is 6.92 Å². The molecular weight excluding hydrogens is 614 g/mol. The molecule has 6 aromatic rings. The number of aryl methyl sites for hydroxylation is 1. The van der Waals surface area contributed by atoms with Crippen molar-refractivity contribution in [3.8, 4) is 17.4 Å². The number of carbonyl (C=O) groups excluding carboxylic acids is 1. The van der Waals surface area contributed by atoms with Crippen molar-refractivity contribution < 1.29 is 18.5 Å². The highest BCUT2D eigenvalue weighted by Gasteiger charge is 2.22. The van der Waals surface area contributed by atoms with Gasteiger partial charge in [-0.05, 0) is 59.9 Å². The molecule has 0 saturated heterocycles. The number of hydrogen-bond acceptors (Lipinski definition) is 8. The third-order valence-corrected chi connectivity index (χ3v) is 8.56. The molecule has 0 bridgehead atoms. The van der Waals surface area contributed by atoms with Crippen LogP contribution < -0.4 is 25.4 Å². The number of aromatic nitrogens is 4. The second-order valence-corrected chi connectivity index (χ2v) is 13.4. The first kappa shape index (κ1) is 31.5. The molecule has 2 amide bonds. The molecule has 1 unspecified atom stereocenters. The molecule has 0 fully saturated rings. The van der Waals surface area contributed by atoms with Crippen LogP contribution in [0.15, 0.2) is 84.0 Å². The SMILES string of the molecule is COc1c(NC(=O)Nc2ccc(Oc3ccnc(Nc4cc(C)c5n[nH]cc5c4)n3)c3ccccc23)cc(C(C)(C)C)cc1S(C)=O. The van der Waals surface area contributed by atoms with E-state index in [0.29, 0.717) is 39.6 Å². The molecule has 4 aromatic carbocycles. The van der Waals surface area contributed by atoms with E-state index in [2.05, 4.69) is 56.9 Å². The highest BCUT2D eigenvalue weighted by atomic mass is 32.2. The molecule has 0 radical (unpaired) electrons. The normalized spacial score (nSPS) is 12.1. The van der Waals surface area contributed by atoms with E-state index in [1.165, 1.54) is 7.11 Å². The van der Waals surface area contributed by atoms with Crippen LogP contribution in [0.3, 0.4) is 0 Å². The minimum absolute atomic E-state index is 0.243. The van der Waals surface area contributed by atoms with Crippen LogP contribution in [-0.2, 0) is 16.2 Å². The number of ether oxygens (including phenoxy) is 2. The Balaban J connectivity index is 1.24. The first-order valence-corrected chi connectivity index (χ1v) is 16.4. The number of urea groups is 1. The van der Waals surface area contributed by atoms with E-state index in [0.717, 1.165) is 38.5 Å². The number of methoxy groups -OCH3 is 1. The first-order valence-electron chi connectivity index (χ1n) is 14.9. The van der Waals surface area contributed by atoms with E-state index >= 15 is 0 Å². The van der Waals surface area contributed by atoms with Crippen molar-refractivity contribution in [3.05, 3.63) is 90.3 Å². The van der Waals surface area contributed by atoms with Gasteiger partial charge in [0.15, 0.2) is 5.75 Å². The highest BCUT2D eigenvalue weighted by molar-refractivity contribution is 7.84. The predicted molar refractivity (Wildman–Crippen MR) is 187 cm³/mol. The van der Waals surface area contributed by atoms with Gasteiger partial charge in [-0.1, -0.05) is 45.0 Å². The first-order chi connectivity index (χ1) is 22.5. The van der Waals surface area contributed by atoms with Gasteiger partial charge in [0.25, 0.3) is 0 Å². The smallest absolute Gasteiger partial charge is 0.323 e. The largest absolute Gasteiger partial charge is 0.493 e. The molecule has 6 rings (SSSR count). The number of hydrogen-bond donors (Lipinski definition) is 4. The fraction of sp³-hybridized carbons (Fsp3) is 0.200. The van der Waals surface area contributed by atoms with Crippen molar-refractivity contribution in [3.63, 3.8) is 0 Å². The fourth-order valence-corrected chi connectivity index (χ4v) is 6.05. The van der Waals surface area contributed by atoms with E-state index in [1.54, 1.807) is 30.7 Å². The molecule has 12 heteroatoms. The standard InChI is InChI=1S/C35H35N7O4S/c1-20-15-23(16-21-19-37-42-31(20)21)38-33-36-14-13-30(41-33)46-28-12-11-26(24-9-7-8-10-25(24)28)39-34(43)40-27-17-22(35(2,3)4)18-29(47(6)44)32(27)45-5/h7-19H,1-6H3,(H,37,42)(H,36,38,41)(H2,39,40,43). The van der Waals surface area contributed by atoms with E-state index < -0.39 is 16.8 Å². The summed E-state index contributed by atoms with van der Waals surface area (Å²) >= 11 is 0. The maximum atomic E-state index is 13.4. The number of nitrogens with zero attached hydrogens (tertiary/aromatic N) is 3. The molecule has 47 heavy (non-hydrogen) atoms. The number of anilines is 4. The summed E-state index contributed by atoms with van der Waals surface area (Å²) in [6.07, 6.45) is 5.05. The lowest BCUT2D eigenvalue weighted by Gasteiger charge is -2.23. The van der Waals surface area contributed by atoms with E-state index in [-0.39, 0.29) is 5.41 Å². The maximum absolute atomic E-state index is 13.4. The fourth-order valence-electron chi connectivity index (χ4n) is 5.31. The molecule has 1 atom stereocenters. The maximum Gasteiger partial charge on any atom is 0.323 e. The van der Waals surface area contributed by atoms with Gasteiger partial charge in [-0.15, -0.1) is 0 Å². The van der Waals surface area contributed by atoms with Gasteiger partial charge in [-0.3, -0.25) is 9.31 Å². The molecule has 4 N–H and O–H groups in total. The van der Waals surface area contributed by atoms with Gasteiger partial charge in [-0.2, -0.15) is 10.1 Å². The summed E-state index contributed by atoms with van der Waals surface area (Å²) in [5.74, 6) is 1.65. The third kappa shape index (κ3) is 6.73. The number of amides is 2. The van der Waals surface area contributed by atoms with Crippen molar-refractivity contribution in [2.75, 3.05) is 29.3 Å². The summed E-state index contributed by atoms with van der Waals surface area (Å²) in [6.45, 7) is 8.16. The zero-order valence-electron chi connectivity index (χ0n) is 26.9. The molecular formula is C35H35N7O4S. The van der Waals surface area contributed by atoms with Crippen LogP contribution in [-0.4, -0.2) is 43.8 Å². The molecule has 0 aliphatic carbocycles. The lowest BCUT2D eigenvalue weighted by Crippen LogP contribution is -2.21. The Kier molecular flexibility index (Phi) is 8.52. The van der Waals surface area contributed by atoms with Crippen LogP contribution in [0.4, 0.5) is 27.8 Å². The summed E-state index contributed by atoms with van der Waals surface area (Å²) < 4.78 is 24.4. The van der Waals surface area contributed by atoms with Gasteiger partial charge in [0, 0.05) is 46.6 Å². The Morgan fingerprint density at radius 1 is 0.957 bits per heavy atom. The minimum Gasteiger partial charge on any atom is -0.493 e. The van der Waals surface area contributed by atoms with Crippen LogP contribution in [0.1, 0.15) is 31.9 Å². The van der Waals surface area contributed by atoms with Gasteiger partial charge in [-0.25, -0.2) is 9.78 Å². The Morgan fingerprint density at radius 3 is 2.47 bits per heavy atom. The second kappa shape index (κ2) is 12.7. The summed E-state index contributed by atoms with van der Waals surface area (Å²) in [6, 6.07) is 20.0. The second-order valence-electron chi connectivity index (χ2n) is 12.1. The quantitative estimate of drug-likeness (QED) is 0.130. The van der Waals surface area contributed by atoms with E-state index in [4.69, 9.17) is 9.47 Å². The molecule has 0 saturated carbocycles. The topological polar surface area (TPSA) is 143 Å². The summed E-state index contributed by atoms with van der Waals surface area (Å²) in [5, 5.41) is 18.8. The lowest BCUT2D eigenvalue weighted by atomic mass is 9.86. The monoisotopic (exact) mass is 649 g/mol. The van der Waals surface area contributed by atoms with E-state index in [9.17, 15) is 9.00 Å². The zero-order chi connectivity index (χ0) is 33.3. The van der Waals surface area contributed by atoms with Gasteiger partial charge < -0.3 is 25.4 Å². The van der Waals surface area contributed by atoms with Crippen LogP contribution in [0.25, 0.3) is 21.7 Å². The molecule has 2 heterocycles. The van der Waals surface area contributed by atoms with Crippen LogP contribution >= 0.6 is 0 Å². The van der Waals surface area contributed by atoms with Crippen molar-refractivity contribution in [2.45, 2.75) is 38.0 Å². The van der Waals surface area contributed by atoms with Crippen LogP contribution in [0.2, 0.25) is 0 Å². The summed E-state index contributed by atoms with van der Waals surface area (Å²) in [5.41, 5.74) is 4.44. The molecule has 0 aliphatic rings. The summed E-state index contributed by atoms with van der Waals surface area (Å²) in [7, 11) is 0.165. The number of benzene rings is 4. The number of aromatic amines is 1. The molecule has 0 spiro atoms. The summed E-state index contributed by atoms with van der Waals surface area (Å²) in [4.78, 5) is 22.8. The number of rotatable bonds is 8. The van der Waals surface area contributed by atoms with Gasteiger partial charge in [0.1, 0.15) is 5.75 Å². The number of nitrogens with one attached hydrogen (secondary N) is 4. The zero-order valence-corrected chi connectivity index (χ0v) is 27.7. The Bertz CT molecular complexity index is 2160. The number of fused-ring (bicyclic) bond motifs is 2. The minimum atomic E-state index is -1.33.